The van der Waals surface area contributed by atoms with E-state index in [0.29, 0.717) is 17.7 Å². The first-order valence-corrected chi connectivity index (χ1v) is 5.54. The van der Waals surface area contributed by atoms with E-state index in [4.69, 9.17) is 21.1 Å². The summed E-state index contributed by atoms with van der Waals surface area (Å²) in [5.41, 5.74) is 0.876. The van der Waals surface area contributed by atoms with Gasteiger partial charge in [0.1, 0.15) is 6.10 Å². The standard InChI is InChI=1S/C8H10ClNO2S/c9-3-6-5-13-8(10-6)12-7-1-2-11-4-7/h5,7H,1-4H2. The molecule has 0 bridgehead atoms. The molecule has 13 heavy (non-hydrogen) atoms. The number of rotatable bonds is 3. The van der Waals surface area contributed by atoms with Crippen molar-refractivity contribution in [2.24, 2.45) is 0 Å². The molecule has 3 nitrogen and oxygen atoms in total. The summed E-state index contributed by atoms with van der Waals surface area (Å²) in [7, 11) is 0. The maximum absolute atomic E-state index is 5.62. The van der Waals surface area contributed by atoms with E-state index < -0.39 is 0 Å². The molecule has 1 fully saturated rings. The summed E-state index contributed by atoms with van der Waals surface area (Å²) >= 11 is 7.11. The average Bonchev–Trinajstić information content (AvgIpc) is 2.76. The van der Waals surface area contributed by atoms with Gasteiger partial charge in [0.25, 0.3) is 5.19 Å². The van der Waals surface area contributed by atoms with Gasteiger partial charge in [0.05, 0.1) is 24.8 Å². The van der Waals surface area contributed by atoms with Crippen LogP contribution in [0.1, 0.15) is 12.1 Å². The van der Waals surface area contributed by atoms with E-state index in [9.17, 15) is 0 Å². The van der Waals surface area contributed by atoms with Crippen LogP contribution in [0.15, 0.2) is 5.38 Å². The van der Waals surface area contributed by atoms with Crippen LogP contribution >= 0.6 is 22.9 Å². The summed E-state index contributed by atoms with van der Waals surface area (Å²) in [5, 5.41) is 2.61. The molecule has 0 aromatic carbocycles. The SMILES string of the molecule is ClCc1csc(OC2CCOC2)n1. The van der Waals surface area contributed by atoms with Gasteiger partial charge in [-0.3, -0.25) is 0 Å². The van der Waals surface area contributed by atoms with Crippen molar-refractivity contribution in [3.63, 3.8) is 0 Å². The summed E-state index contributed by atoms with van der Waals surface area (Å²) in [6.45, 7) is 1.47. The van der Waals surface area contributed by atoms with E-state index in [-0.39, 0.29) is 6.10 Å². The Morgan fingerprint density at radius 1 is 1.77 bits per heavy atom. The lowest BCUT2D eigenvalue weighted by atomic mass is 10.3. The molecule has 0 saturated carbocycles. The number of halogens is 1. The molecule has 1 unspecified atom stereocenters. The van der Waals surface area contributed by atoms with Gasteiger partial charge in [0, 0.05) is 11.8 Å². The molecule has 1 aromatic heterocycles. The van der Waals surface area contributed by atoms with E-state index in [1.54, 1.807) is 0 Å². The zero-order valence-electron chi connectivity index (χ0n) is 7.03. The smallest absolute Gasteiger partial charge is 0.273 e. The molecule has 0 radical (unpaired) electrons. The summed E-state index contributed by atoms with van der Waals surface area (Å²) < 4.78 is 10.8. The molecule has 0 spiro atoms. The van der Waals surface area contributed by atoms with Crippen LogP contribution in [-0.2, 0) is 10.6 Å². The van der Waals surface area contributed by atoms with Crippen LogP contribution in [0.5, 0.6) is 5.19 Å². The predicted octanol–water partition coefficient (Wildman–Crippen LogP) is 2.05. The molecule has 1 saturated heterocycles. The molecule has 1 atom stereocenters. The zero-order valence-corrected chi connectivity index (χ0v) is 8.61. The van der Waals surface area contributed by atoms with Crippen molar-refractivity contribution < 1.29 is 9.47 Å². The molecule has 0 N–H and O–H groups in total. The fourth-order valence-electron chi connectivity index (χ4n) is 1.15. The Balaban J connectivity index is 1.92. The van der Waals surface area contributed by atoms with E-state index in [0.717, 1.165) is 18.7 Å². The van der Waals surface area contributed by atoms with E-state index in [1.807, 2.05) is 5.38 Å². The first kappa shape index (κ1) is 9.24. The minimum Gasteiger partial charge on any atom is -0.464 e. The molecule has 2 rings (SSSR count). The molecule has 1 aliphatic rings. The third-order valence-corrected chi connectivity index (χ3v) is 2.88. The highest BCUT2D eigenvalue weighted by Gasteiger charge is 2.18. The summed E-state index contributed by atoms with van der Waals surface area (Å²) in [6.07, 6.45) is 1.13. The number of hydrogen-bond donors (Lipinski definition) is 0. The van der Waals surface area contributed by atoms with Crippen LogP contribution in [-0.4, -0.2) is 24.3 Å². The van der Waals surface area contributed by atoms with Crippen LogP contribution in [0.4, 0.5) is 0 Å². The number of thiazole rings is 1. The van der Waals surface area contributed by atoms with Gasteiger partial charge in [-0.05, 0) is 0 Å². The van der Waals surface area contributed by atoms with Crippen LogP contribution in [0.25, 0.3) is 0 Å². The highest BCUT2D eigenvalue weighted by Crippen LogP contribution is 2.22. The Labute approximate surface area is 85.6 Å². The Bertz CT molecular complexity index is 273. The first-order chi connectivity index (χ1) is 6.38. The van der Waals surface area contributed by atoms with Gasteiger partial charge in [0.15, 0.2) is 0 Å². The topological polar surface area (TPSA) is 31.4 Å². The van der Waals surface area contributed by atoms with Crippen molar-refractivity contribution in [3.05, 3.63) is 11.1 Å². The molecule has 1 aliphatic heterocycles. The fraction of sp³-hybridized carbons (Fsp3) is 0.625. The first-order valence-electron chi connectivity index (χ1n) is 4.13. The Hall–Kier alpha value is -0.320. The van der Waals surface area contributed by atoms with Gasteiger partial charge in [-0.25, -0.2) is 4.98 Å². The number of hydrogen-bond acceptors (Lipinski definition) is 4. The summed E-state index contributed by atoms with van der Waals surface area (Å²) in [4.78, 5) is 4.20. The van der Waals surface area contributed by atoms with Crippen molar-refractivity contribution in [2.75, 3.05) is 13.2 Å². The van der Waals surface area contributed by atoms with Gasteiger partial charge in [-0.15, -0.1) is 11.6 Å². The molecule has 0 amide bonds. The third-order valence-electron chi connectivity index (χ3n) is 1.82. The Morgan fingerprint density at radius 2 is 2.69 bits per heavy atom. The molecular weight excluding hydrogens is 210 g/mol. The highest BCUT2D eigenvalue weighted by atomic mass is 35.5. The maximum atomic E-state index is 5.62. The maximum Gasteiger partial charge on any atom is 0.273 e. The lowest BCUT2D eigenvalue weighted by Crippen LogP contribution is -2.15. The molecule has 2 heterocycles. The number of alkyl halides is 1. The quantitative estimate of drug-likeness (QED) is 0.730. The van der Waals surface area contributed by atoms with E-state index >= 15 is 0 Å². The average molecular weight is 220 g/mol. The van der Waals surface area contributed by atoms with Crippen molar-refractivity contribution in [1.82, 2.24) is 4.98 Å². The number of nitrogens with zero attached hydrogens (tertiary/aromatic N) is 1. The number of aromatic nitrogens is 1. The minimum atomic E-state index is 0.175. The molecule has 1 aromatic rings. The predicted molar refractivity (Wildman–Crippen MR) is 51.5 cm³/mol. The van der Waals surface area contributed by atoms with Crippen molar-refractivity contribution in [2.45, 2.75) is 18.4 Å². The van der Waals surface area contributed by atoms with Gasteiger partial charge in [-0.1, -0.05) is 11.3 Å². The second kappa shape index (κ2) is 4.26. The van der Waals surface area contributed by atoms with Gasteiger partial charge < -0.3 is 9.47 Å². The Morgan fingerprint density at radius 3 is 3.31 bits per heavy atom. The molecule has 0 aliphatic carbocycles. The van der Waals surface area contributed by atoms with Crippen LogP contribution in [0, 0.1) is 0 Å². The van der Waals surface area contributed by atoms with Crippen molar-refractivity contribution >= 4 is 22.9 Å². The monoisotopic (exact) mass is 219 g/mol. The zero-order chi connectivity index (χ0) is 9.10. The fourth-order valence-corrected chi connectivity index (χ4v) is 2.12. The molecule has 5 heteroatoms. The third kappa shape index (κ3) is 2.33. The number of ether oxygens (including phenoxy) is 2. The van der Waals surface area contributed by atoms with Gasteiger partial charge in [-0.2, -0.15) is 0 Å². The van der Waals surface area contributed by atoms with Gasteiger partial charge >= 0.3 is 0 Å². The second-order valence-electron chi connectivity index (χ2n) is 2.84. The van der Waals surface area contributed by atoms with E-state index in [2.05, 4.69) is 4.98 Å². The van der Waals surface area contributed by atoms with E-state index in [1.165, 1.54) is 11.3 Å². The lowest BCUT2D eigenvalue weighted by Gasteiger charge is -2.06. The minimum absolute atomic E-state index is 0.175. The van der Waals surface area contributed by atoms with Crippen molar-refractivity contribution in [1.29, 1.82) is 0 Å². The molecular formula is C8H10ClNO2S. The normalized spacial score (nSPS) is 22.1. The summed E-state index contributed by atoms with van der Waals surface area (Å²) in [5.74, 6) is 0.445. The molecule has 72 valence electrons. The largest absolute Gasteiger partial charge is 0.464 e. The van der Waals surface area contributed by atoms with Crippen LogP contribution < -0.4 is 4.74 Å². The van der Waals surface area contributed by atoms with Crippen molar-refractivity contribution in [3.8, 4) is 5.19 Å². The summed E-state index contributed by atoms with van der Waals surface area (Å²) in [6, 6.07) is 0. The highest BCUT2D eigenvalue weighted by molar-refractivity contribution is 7.11. The lowest BCUT2D eigenvalue weighted by molar-refractivity contribution is 0.141. The van der Waals surface area contributed by atoms with Gasteiger partial charge in [0.2, 0.25) is 0 Å². The van der Waals surface area contributed by atoms with Crippen LogP contribution in [0.2, 0.25) is 0 Å². The Kier molecular flexibility index (Phi) is 3.03. The second-order valence-corrected chi connectivity index (χ2v) is 3.93. The van der Waals surface area contributed by atoms with Crippen LogP contribution in [0.3, 0.4) is 0 Å².